The fourth-order valence-electron chi connectivity index (χ4n) is 3.62. The van der Waals surface area contributed by atoms with Gasteiger partial charge in [0, 0.05) is 45.3 Å². The average molecular weight is 515 g/mol. The van der Waals surface area contributed by atoms with E-state index >= 15 is 0 Å². The van der Waals surface area contributed by atoms with Crippen molar-refractivity contribution in [2.24, 2.45) is 0 Å². The van der Waals surface area contributed by atoms with Gasteiger partial charge in [-0.1, -0.05) is 36.7 Å². The van der Waals surface area contributed by atoms with Crippen LogP contribution in [0.4, 0.5) is 0 Å². The Balaban J connectivity index is 1.53. The van der Waals surface area contributed by atoms with Crippen LogP contribution in [0.2, 0.25) is 18.1 Å². The van der Waals surface area contributed by atoms with E-state index in [9.17, 15) is 0 Å². The van der Waals surface area contributed by atoms with E-state index in [-0.39, 0.29) is 5.04 Å². The molecule has 1 aliphatic rings. The predicted octanol–water partition coefficient (Wildman–Crippen LogP) is 6.77. The minimum atomic E-state index is -1.79. The Labute approximate surface area is 200 Å². The highest BCUT2D eigenvalue weighted by atomic mass is 79.9. The Kier molecular flexibility index (Phi) is 6.44. The number of aromatic nitrogens is 3. The molecule has 0 aliphatic heterocycles. The molecule has 2 heterocycles. The smallest absolute Gasteiger partial charge is 0.192 e. The third-order valence-electron chi connectivity index (χ3n) is 6.68. The molecule has 170 valence electrons. The predicted molar refractivity (Wildman–Crippen MR) is 135 cm³/mol. The summed E-state index contributed by atoms with van der Waals surface area (Å²) in [7, 11) is -1.79. The van der Waals surface area contributed by atoms with Gasteiger partial charge in [-0.2, -0.15) is 0 Å². The third-order valence-corrected chi connectivity index (χ3v) is 11.7. The van der Waals surface area contributed by atoms with Gasteiger partial charge >= 0.3 is 0 Å². The van der Waals surface area contributed by atoms with Gasteiger partial charge in [0.25, 0.3) is 0 Å². The second-order valence-electron chi connectivity index (χ2n) is 10.2. The first-order valence-electron chi connectivity index (χ1n) is 11.2. The van der Waals surface area contributed by atoms with Gasteiger partial charge in [-0.15, -0.1) is 0 Å². The SMILES string of the molecule is Cc1ccnc([C@H]2C[C@@H]2c2cc(OCCO[Si](C)(C)C(C)(C)C)c3ccc(Br)cc3n2)n1. The highest BCUT2D eigenvalue weighted by Crippen LogP contribution is 2.53. The summed E-state index contributed by atoms with van der Waals surface area (Å²) in [5, 5.41) is 1.21. The topological polar surface area (TPSA) is 57.1 Å². The Morgan fingerprint density at radius 3 is 2.56 bits per heavy atom. The molecule has 1 fully saturated rings. The zero-order chi connectivity index (χ0) is 23.1. The van der Waals surface area contributed by atoms with Crippen LogP contribution in [-0.4, -0.2) is 36.5 Å². The minimum Gasteiger partial charge on any atom is -0.490 e. The fraction of sp³-hybridized carbons (Fsp3) is 0.480. The van der Waals surface area contributed by atoms with Crippen molar-refractivity contribution in [2.75, 3.05) is 13.2 Å². The Morgan fingerprint density at radius 1 is 1.06 bits per heavy atom. The van der Waals surface area contributed by atoms with Crippen molar-refractivity contribution in [3.63, 3.8) is 0 Å². The zero-order valence-electron chi connectivity index (χ0n) is 19.8. The second kappa shape index (κ2) is 8.84. The van der Waals surface area contributed by atoms with Gasteiger partial charge in [-0.3, -0.25) is 4.98 Å². The molecule has 0 unspecified atom stereocenters. The molecule has 3 aromatic rings. The van der Waals surface area contributed by atoms with E-state index in [0.29, 0.717) is 25.0 Å². The number of ether oxygens (including phenoxy) is 1. The molecule has 1 aliphatic carbocycles. The maximum absolute atomic E-state index is 6.30. The Bertz CT molecular complexity index is 1130. The molecule has 7 heteroatoms. The van der Waals surface area contributed by atoms with Gasteiger partial charge in [0.15, 0.2) is 8.32 Å². The van der Waals surface area contributed by atoms with Crippen LogP contribution >= 0.6 is 15.9 Å². The molecular formula is C25H32BrN3O2Si. The van der Waals surface area contributed by atoms with Crippen LogP contribution in [-0.2, 0) is 4.43 Å². The molecule has 5 nitrogen and oxygen atoms in total. The summed E-state index contributed by atoms with van der Waals surface area (Å²) < 4.78 is 13.6. The molecule has 4 rings (SSSR count). The highest BCUT2D eigenvalue weighted by Gasteiger charge is 2.43. The van der Waals surface area contributed by atoms with Crippen LogP contribution in [0, 0.1) is 6.92 Å². The lowest BCUT2D eigenvalue weighted by Gasteiger charge is -2.36. The van der Waals surface area contributed by atoms with Gasteiger partial charge < -0.3 is 9.16 Å². The van der Waals surface area contributed by atoms with Crippen molar-refractivity contribution in [2.45, 2.75) is 64.1 Å². The number of aryl methyl sites for hydroxylation is 1. The minimum absolute atomic E-state index is 0.189. The number of pyridine rings is 1. The molecule has 0 saturated heterocycles. The van der Waals surface area contributed by atoms with Gasteiger partial charge in [0.1, 0.15) is 18.2 Å². The molecule has 0 radical (unpaired) electrons. The lowest BCUT2D eigenvalue weighted by Crippen LogP contribution is -2.41. The number of hydrogen-bond acceptors (Lipinski definition) is 5. The van der Waals surface area contributed by atoms with Crippen molar-refractivity contribution < 1.29 is 9.16 Å². The summed E-state index contributed by atoms with van der Waals surface area (Å²) in [5.41, 5.74) is 2.99. The molecule has 32 heavy (non-hydrogen) atoms. The lowest BCUT2D eigenvalue weighted by atomic mass is 10.1. The monoisotopic (exact) mass is 513 g/mol. The first kappa shape index (κ1) is 23.3. The van der Waals surface area contributed by atoms with Crippen LogP contribution in [0.5, 0.6) is 5.75 Å². The van der Waals surface area contributed by atoms with E-state index in [2.05, 4.69) is 78.0 Å². The average Bonchev–Trinajstić information content (AvgIpc) is 3.51. The highest BCUT2D eigenvalue weighted by molar-refractivity contribution is 9.10. The summed E-state index contributed by atoms with van der Waals surface area (Å²) in [6.45, 7) is 14.4. The summed E-state index contributed by atoms with van der Waals surface area (Å²) in [6.07, 6.45) is 2.86. The number of benzene rings is 1. The molecule has 0 amide bonds. The van der Waals surface area contributed by atoms with Gasteiger partial charge in [0.2, 0.25) is 0 Å². The summed E-state index contributed by atoms with van der Waals surface area (Å²) in [5.74, 6) is 2.43. The first-order valence-corrected chi connectivity index (χ1v) is 14.9. The molecule has 1 aromatic carbocycles. The van der Waals surface area contributed by atoms with Gasteiger partial charge in [-0.25, -0.2) is 9.97 Å². The van der Waals surface area contributed by atoms with E-state index in [0.717, 1.165) is 44.8 Å². The van der Waals surface area contributed by atoms with Crippen molar-refractivity contribution in [3.8, 4) is 5.75 Å². The third kappa shape index (κ3) is 5.05. The maximum Gasteiger partial charge on any atom is 0.192 e. The zero-order valence-corrected chi connectivity index (χ0v) is 22.4. The quantitative estimate of drug-likeness (QED) is 0.257. The molecule has 2 atom stereocenters. The van der Waals surface area contributed by atoms with E-state index in [4.69, 9.17) is 14.1 Å². The van der Waals surface area contributed by atoms with Gasteiger partial charge in [-0.05, 0) is 55.7 Å². The van der Waals surface area contributed by atoms with Crippen LogP contribution in [0.25, 0.3) is 10.9 Å². The molecule has 1 saturated carbocycles. The maximum atomic E-state index is 6.30. The first-order chi connectivity index (χ1) is 15.0. The summed E-state index contributed by atoms with van der Waals surface area (Å²) in [4.78, 5) is 14.1. The van der Waals surface area contributed by atoms with Crippen LogP contribution in [0.15, 0.2) is 41.0 Å². The van der Waals surface area contributed by atoms with Crippen LogP contribution in [0.1, 0.15) is 56.2 Å². The summed E-state index contributed by atoms with van der Waals surface area (Å²) in [6, 6.07) is 10.2. The molecule has 0 spiro atoms. The Morgan fingerprint density at radius 2 is 1.84 bits per heavy atom. The number of hydrogen-bond donors (Lipinski definition) is 0. The molecular weight excluding hydrogens is 482 g/mol. The van der Waals surface area contributed by atoms with E-state index < -0.39 is 8.32 Å². The van der Waals surface area contributed by atoms with Crippen molar-refractivity contribution in [1.29, 1.82) is 0 Å². The number of nitrogens with zero attached hydrogens (tertiary/aromatic N) is 3. The number of rotatable bonds is 7. The normalized spacial score (nSPS) is 18.7. The summed E-state index contributed by atoms with van der Waals surface area (Å²) >= 11 is 3.58. The van der Waals surface area contributed by atoms with Gasteiger partial charge in [0.05, 0.1) is 12.1 Å². The van der Waals surface area contributed by atoms with Crippen LogP contribution < -0.4 is 4.74 Å². The molecule has 2 aromatic heterocycles. The van der Waals surface area contributed by atoms with E-state index in [1.54, 1.807) is 0 Å². The number of fused-ring (bicyclic) bond motifs is 1. The van der Waals surface area contributed by atoms with E-state index in [1.807, 2.05) is 25.3 Å². The van der Waals surface area contributed by atoms with Crippen LogP contribution in [0.3, 0.4) is 0 Å². The Hall–Kier alpha value is -1.83. The number of halogens is 1. The lowest BCUT2D eigenvalue weighted by molar-refractivity contribution is 0.205. The van der Waals surface area contributed by atoms with E-state index in [1.165, 1.54) is 0 Å². The second-order valence-corrected chi connectivity index (χ2v) is 15.9. The largest absolute Gasteiger partial charge is 0.490 e. The molecule has 0 bridgehead atoms. The van der Waals surface area contributed by atoms with Crippen molar-refractivity contribution in [1.82, 2.24) is 15.0 Å². The van der Waals surface area contributed by atoms with Crippen molar-refractivity contribution in [3.05, 3.63) is 58.2 Å². The standard InChI is InChI=1S/C25H32BrN3O2Si/c1-16-9-10-27-24(28-16)20-14-19(20)22-15-23(18-8-7-17(26)13-21(18)29-22)30-11-12-31-32(5,6)25(2,3)4/h7-10,13,15,19-20H,11-12,14H2,1-6H3/t19-,20-/m0/s1. The van der Waals surface area contributed by atoms with Crippen molar-refractivity contribution >= 4 is 35.2 Å². The fourth-order valence-corrected chi connectivity index (χ4v) is 4.99. The molecule has 0 N–H and O–H groups in total.